The second-order valence-electron chi connectivity index (χ2n) is 6.31. The van der Waals surface area contributed by atoms with Crippen LogP contribution in [0, 0.1) is 13.8 Å². The second-order valence-corrected chi connectivity index (χ2v) is 7.63. The Morgan fingerprint density at radius 1 is 1.08 bits per heavy atom. The highest BCUT2D eigenvalue weighted by molar-refractivity contribution is 7.12. The molecule has 0 atom stereocenters. The van der Waals surface area contributed by atoms with Crippen molar-refractivity contribution in [1.29, 1.82) is 0 Å². The standard InChI is InChI=1S/C20H24N2OS/c1-16-5-3-4-6-18(16)15-21-11-13-22(14-12-21)20(23)10-9-19-8-7-17(2)24-19/h3-10H,11-15H2,1-2H3/b10-9+. The van der Waals surface area contributed by atoms with E-state index >= 15 is 0 Å². The summed E-state index contributed by atoms with van der Waals surface area (Å²) in [7, 11) is 0. The van der Waals surface area contributed by atoms with Gasteiger partial charge >= 0.3 is 0 Å². The Balaban J connectivity index is 1.50. The Morgan fingerprint density at radius 2 is 1.83 bits per heavy atom. The van der Waals surface area contributed by atoms with Crippen LogP contribution in [-0.4, -0.2) is 41.9 Å². The molecule has 1 aliphatic rings. The molecule has 0 bridgehead atoms. The van der Waals surface area contributed by atoms with Crippen molar-refractivity contribution in [2.75, 3.05) is 26.2 Å². The molecule has 1 fully saturated rings. The SMILES string of the molecule is Cc1ccc(/C=C/C(=O)N2CCN(Cc3ccccc3C)CC2)s1. The summed E-state index contributed by atoms with van der Waals surface area (Å²) in [5.41, 5.74) is 2.72. The minimum Gasteiger partial charge on any atom is -0.337 e. The number of aryl methyl sites for hydroxylation is 2. The maximum absolute atomic E-state index is 12.3. The van der Waals surface area contributed by atoms with E-state index in [1.165, 1.54) is 16.0 Å². The van der Waals surface area contributed by atoms with E-state index in [-0.39, 0.29) is 5.91 Å². The molecule has 0 radical (unpaired) electrons. The Hall–Kier alpha value is -1.91. The van der Waals surface area contributed by atoms with E-state index in [4.69, 9.17) is 0 Å². The van der Waals surface area contributed by atoms with Gasteiger partial charge in [0.05, 0.1) is 0 Å². The molecule has 3 nitrogen and oxygen atoms in total. The number of benzene rings is 1. The van der Waals surface area contributed by atoms with Gasteiger partial charge in [0, 0.05) is 48.6 Å². The number of rotatable bonds is 4. The molecule has 1 aliphatic heterocycles. The lowest BCUT2D eigenvalue weighted by Gasteiger charge is -2.34. The summed E-state index contributed by atoms with van der Waals surface area (Å²) in [6.45, 7) is 8.69. The van der Waals surface area contributed by atoms with Gasteiger partial charge in [0.15, 0.2) is 0 Å². The van der Waals surface area contributed by atoms with Crippen molar-refractivity contribution < 1.29 is 4.79 Å². The average Bonchev–Trinajstić information content (AvgIpc) is 3.01. The van der Waals surface area contributed by atoms with Crippen LogP contribution >= 0.6 is 11.3 Å². The summed E-state index contributed by atoms with van der Waals surface area (Å²) in [6.07, 6.45) is 3.64. The zero-order valence-electron chi connectivity index (χ0n) is 14.4. The lowest BCUT2D eigenvalue weighted by Crippen LogP contribution is -2.47. The number of amides is 1. The van der Waals surface area contributed by atoms with E-state index in [2.05, 4.69) is 55.1 Å². The zero-order valence-corrected chi connectivity index (χ0v) is 15.2. The third-order valence-corrected chi connectivity index (χ3v) is 5.46. The van der Waals surface area contributed by atoms with E-state index in [0.29, 0.717) is 0 Å². The van der Waals surface area contributed by atoms with E-state index in [0.717, 1.165) is 37.6 Å². The van der Waals surface area contributed by atoms with E-state index in [9.17, 15) is 4.79 Å². The molecule has 0 aliphatic carbocycles. The molecule has 1 aromatic carbocycles. The molecular formula is C20H24N2OS. The first-order valence-corrected chi connectivity index (χ1v) is 9.24. The molecule has 24 heavy (non-hydrogen) atoms. The fraction of sp³-hybridized carbons (Fsp3) is 0.350. The lowest BCUT2D eigenvalue weighted by atomic mass is 10.1. The third kappa shape index (κ3) is 4.34. The van der Waals surface area contributed by atoms with Crippen molar-refractivity contribution in [3.05, 3.63) is 63.4 Å². The number of hydrogen-bond donors (Lipinski definition) is 0. The Bertz CT molecular complexity index is 727. The van der Waals surface area contributed by atoms with Crippen LogP contribution in [0.25, 0.3) is 6.08 Å². The van der Waals surface area contributed by atoms with Crippen LogP contribution in [0.5, 0.6) is 0 Å². The Morgan fingerprint density at radius 3 is 2.50 bits per heavy atom. The lowest BCUT2D eigenvalue weighted by molar-refractivity contribution is -0.127. The van der Waals surface area contributed by atoms with Crippen LogP contribution in [0.3, 0.4) is 0 Å². The number of nitrogens with zero attached hydrogens (tertiary/aromatic N) is 2. The number of hydrogen-bond acceptors (Lipinski definition) is 3. The zero-order chi connectivity index (χ0) is 16.9. The van der Waals surface area contributed by atoms with Crippen LogP contribution in [0.1, 0.15) is 20.9 Å². The van der Waals surface area contributed by atoms with Gasteiger partial charge in [-0.2, -0.15) is 0 Å². The van der Waals surface area contributed by atoms with Gasteiger partial charge < -0.3 is 4.90 Å². The van der Waals surface area contributed by atoms with Crippen molar-refractivity contribution in [2.24, 2.45) is 0 Å². The van der Waals surface area contributed by atoms with Gasteiger partial charge in [-0.05, 0) is 43.2 Å². The Labute approximate surface area is 148 Å². The molecule has 0 unspecified atom stereocenters. The normalized spacial score (nSPS) is 16.0. The molecule has 1 amide bonds. The van der Waals surface area contributed by atoms with Crippen LogP contribution < -0.4 is 0 Å². The summed E-state index contributed by atoms with van der Waals surface area (Å²) in [4.78, 5) is 19.1. The minimum atomic E-state index is 0.122. The number of piperazine rings is 1. The Kier molecular flexibility index (Phi) is 5.48. The highest BCUT2D eigenvalue weighted by atomic mass is 32.1. The number of carbonyl (C=O) groups is 1. The first kappa shape index (κ1) is 16.9. The quantitative estimate of drug-likeness (QED) is 0.792. The van der Waals surface area contributed by atoms with Crippen molar-refractivity contribution in [3.8, 4) is 0 Å². The summed E-state index contributed by atoms with van der Waals surface area (Å²) in [5.74, 6) is 0.122. The summed E-state index contributed by atoms with van der Waals surface area (Å²) in [5, 5.41) is 0. The molecule has 0 N–H and O–H groups in total. The van der Waals surface area contributed by atoms with Gasteiger partial charge in [0.2, 0.25) is 5.91 Å². The van der Waals surface area contributed by atoms with Gasteiger partial charge in [-0.25, -0.2) is 0 Å². The maximum Gasteiger partial charge on any atom is 0.246 e. The molecule has 1 aromatic heterocycles. The van der Waals surface area contributed by atoms with E-state index in [1.807, 2.05) is 11.0 Å². The topological polar surface area (TPSA) is 23.6 Å². The van der Waals surface area contributed by atoms with Crippen LogP contribution in [0.15, 0.2) is 42.5 Å². The molecule has 3 rings (SSSR count). The van der Waals surface area contributed by atoms with Crippen molar-refractivity contribution >= 4 is 23.3 Å². The first-order valence-electron chi connectivity index (χ1n) is 8.42. The van der Waals surface area contributed by atoms with E-state index in [1.54, 1.807) is 17.4 Å². The molecule has 0 spiro atoms. The molecule has 2 aromatic rings. The summed E-state index contributed by atoms with van der Waals surface area (Å²) < 4.78 is 0. The van der Waals surface area contributed by atoms with Gasteiger partial charge in [-0.1, -0.05) is 24.3 Å². The van der Waals surface area contributed by atoms with E-state index < -0.39 is 0 Å². The molecule has 0 saturated carbocycles. The smallest absolute Gasteiger partial charge is 0.246 e. The van der Waals surface area contributed by atoms with Crippen LogP contribution in [0.4, 0.5) is 0 Å². The molecule has 1 saturated heterocycles. The molecule has 126 valence electrons. The number of carbonyl (C=O) groups excluding carboxylic acids is 1. The van der Waals surface area contributed by atoms with Gasteiger partial charge in [-0.15, -0.1) is 11.3 Å². The van der Waals surface area contributed by atoms with Crippen molar-refractivity contribution in [3.63, 3.8) is 0 Å². The summed E-state index contributed by atoms with van der Waals surface area (Å²) >= 11 is 1.71. The fourth-order valence-electron chi connectivity index (χ4n) is 2.96. The second kappa shape index (κ2) is 7.77. The van der Waals surface area contributed by atoms with Crippen molar-refractivity contribution in [1.82, 2.24) is 9.80 Å². The molecular weight excluding hydrogens is 316 g/mol. The monoisotopic (exact) mass is 340 g/mol. The average molecular weight is 340 g/mol. The maximum atomic E-state index is 12.3. The highest BCUT2D eigenvalue weighted by Crippen LogP contribution is 2.17. The van der Waals surface area contributed by atoms with Gasteiger partial charge in [0.25, 0.3) is 0 Å². The van der Waals surface area contributed by atoms with Crippen molar-refractivity contribution in [2.45, 2.75) is 20.4 Å². The van der Waals surface area contributed by atoms with Gasteiger partial charge in [0.1, 0.15) is 0 Å². The summed E-state index contributed by atoms with van der Waals surface area (Å²) in [6, 6.07) is 12.7. The predicted octanol–water partition coefficient (Wildman–Crippen LogP) is 3.72. The molecule has 2 heterocycles. The van der Waals surface area contributed by atoms with Gasteiger partial charge in [-0.3, -0.25) is 9.69 Å². The number of thiophene rings is 1. The van der Waals surface area contributed by atoms with Crippen LogP contribution in [-0.2, 0) is 11.3 Å². The third-order valence-electron chi connectivity index (χ3n) is 4.49. The molecule has 4 heteroatoms. The first-order chi connectivity index (χ1) is 11.6. The minimum absolute atomic E-state index is 0.122. The largest absolute Gasteiger partial charge is 0.337 e. The van der Waals surface area contributed by atoms with Crippen LogP contribution in [0.2, 0.25) is 0 Å². The fourth-order valence-corrected chi connectivity index (χ4v) is 3.74. The predicted molar refractivity (Wildman–Crippen MR) is 101 cm³/mol. The highest BCUT2D eigenvalue weighted by Gasteiger charge is 2.19.